The number of anilines is 1. The fraction of sp³-hybridized carbons (Fsp3) is 0.390. The van der Waals surface area contributed by atoms with Crippen molar-refractivity contribution in [2.45, 2.75) is 97.2 Å². The van der Waals surface area contributed by atoms with E-state index in [0.29, 0.717) is 12.2 Å². The van der Waals surface area contributed by atoms with E-state index >= 15 is 0 Å². The van der Waals surface area contributed by atoms with Crippen molar-refractivity contribution in [3.63, 3.8) is 0 Å². The number of fused-ring (bicyclic) bond motifs is 1. The van der Waals surface area contributed by atoms with Gasteiger partial charge in [-0.1, -0.05) is 124 Å². The Morgan fingerprint density at radius 1 is 0.771 bits per heavy atom. The predicted molar refractivity (Wildman–Crippen MR) is 195 cm³/mol. The van der Waals surface area contributed by atoms with Crippen LogP contribution in [0.5, 0.6) is 0 Å². The third-order valence-electron chi connectivity index (χ3n) is 8.37. The largest absolute Gasteiger partial charge is 0.444 e. The maximum atomic E-state index is 14.8. The predicted octanol–water partition coefficient (Wildman–Crippen LogP) is 9.15. The fourth-order valence-electron chi connectivity index (χ4n) is 5.95. The Balaban J connectivity index is 1.73. The van der Waals surface area contributed by atoms with Gasteiger partial charge in [-0.25, -0.2) is 4.79 Å². The van der Waals surface area contributed by atoms with Crippen LogP contribution in [0.4, 0.5) is 10.5 Å². The molecule has 0 radical (unpaired) electrons. The summed E-state index contributed by atoms with van der Waals surface area (Å²) in [6.07, 6.45) is 5.73. The van der Waals surface area contributed by atoms with Gasteiger partial charge in [0.05, 0.1) is 0 Å². The lowest BCUT2D eigenvalue weighted by molar-refractivity contribution is -0.140. The third-order valence-corrected chi connectivity index (χ3v) is 8.37. The van der Waals surface area contributed by atoms with Gasteiger partial charge in [-0.05, 0) is 73.7 Å². The van der Waals surface area contributed by atoms with Crippen LogP contribution >= 0.6 is 0 Å². The lowest BCUT2D eigenvalue weighted by Crippen LogP contribution is -2.53. The van der Waals surface area contributed by atoms with Gasteiger partial charge >= 0.3 is 6.09 Å². The molecule has 254 valence electrons. The summed E-state index contributed by atoms with van der Waals surface area (Å²) in [5.41, 5.74) is 2.44. The van der Waals surface area contributed by atoms with Crippen LogP contribution in [-0.4, -0.2) is 41.0 Å². The van der Waals surface area contributed by atoms with Crippen LogP contribution in [0.1, 0.15) is 89.0 Å². The van der Waals surface area contributed by atoms with Crippen molar-refractivity contribution < 1.29 is 19.1 Å². The molecule has 3 amide bonds. The quantitative estimate of drug-likeness (QED) is 0.126. The lowest BCUT2D eigenvalue weighted by Gasteiger charge is -2.35. The molecule has 0 saturated heterocycles. The van der Waals surface area contributed by atoms with Crippen LogP contribution in [0, 0.1) is 6.92 Å². The van der Waals surface area contributed by atoms with Crippen molar-refractivity contribution in [1.29, 1.82) is 0 Å². The van der Waals surface area contributed by atoms with Gasteiger partial charge in [-0.15, -0.1) is 0 Å². The number of hydrogen-bond donors (Lipinski definition) is 2. The van der Waals surface area contributed by atoms with Crippen molar-refractivity contribution in [1.82, 2.24) is 10.2 Å². The van der Waals surface area contributed by atoms with Crippen LogP contribution in [-0.2, 0) is 20.7 Å². The van der Waals surface area contributed by atoms with Crippen LogP contribution in [0.25, 0.3) is 10.8 Å². The van der Waals surface area contributed by atoms with E-state index < -0.39 is 23.8 Å². The Morgan fingerprint density at radius 2 is 1.42 bits per heavy atom. The second-order valence-corrected chi connectivity index (χ2v) is 13.5. The zero-order chi connectivity index (χ0) is 34.5. The minimum atomic E-state index is -0.956. The van der Waals surface area contributed by atoms with E-state index in [9.17, 15) is 14.4 Å². The molecule has 0 saturated carbocycles. The van der Waals surface area contributed by atoms with E-state index in [4.69, 9.17) is 4.74 Å². The van der Waals surface area contributed by atoms with Gasteiger partial charge in [0.15, 0.2) is 0 Å². The van der Waals surface area contributed by atoms with E-state index in [0.717, 1.165) is 59.6 Å². The standard InChI is InChI=1S/C41H51N3O4/c1-6-7-8-9-10-18-27-44(39(46)36(28-31-20-12-11-13-21-31)43-40(47)48-41(3,4)5)37(35-24-17-14-19-30(35)2)38(45)42-34-26-25-32-22-15-16-23-33(32)29-34/h11-17,19-26,29,36-37H,6-10,18,27-28H2,1-5H3,(H,42,45)(H,43,47). The zero-order valence-corrected chi connectivity index (χ0v) is 29.1. The summed E-state index contributed by atoms with van der Waals surface area (Å²) in [4.78, 5) is 44.2. The van der Waals surface area contributed by atoms with Crippen molar-refractivity contribution in [3.8, 4) is 0 Å². The maximum absolute atomic E-state index is 14.8. The van der Waals surface area contributed by atoms with E-state index in [1.165, 1.54) is 6.42 Å². The monoisotopic (exact) mass is 649 g/mol. The molecule has 0 fully saturated rings. The minimum absolute atomic E-state index is 0.249. The second kappa shape index (κ2) is 17.5. The summed E-state index contributed by atoms with van der Waals surface area (Å²) in [5.74, 6) is -0.644. The summed E-state index contributed by atoms with van der Waals surface area (Å²) in [6.45, 7) is 9.87. The summed E-state index contributed by atoms with van der Waals surface area (Å²) in [7, 11) is 0. The topological polar surface area (TPSA) is 87.7 Å². The maximum Gasteiger partial charge on any atom is 0.408 e. The average molecular weight is 650 g/mol. The van der Waals surface area contributed by atoms with Crippen molar-refractivity contribution in [2.24, 2.45) is 0 Å². The molecule has 0 aliphatic rings. The minimum Gasteiger partial charge on any atom is -0.444 e. The molecule has 2 unspecified atom stereocenters. The van der Waals surface area contributed by atoms with E-state index in [1.807, 2.05) is 104 Å². The zero-order valence-electron chi connectivity index (χ0n) is 29.1. The van der Waals surface area contributed by atoms with Crippen LogP contribution in [0.15, 0.2) is 97.1 Å². The number of alkyl carbamates (subject to hydrolysis) is 1. The second-order valence-electron chi connectivity index (χ2n) is 13.5. The van der Waals surface area contributed by atoms with Crippen molar-refractivity contribution in [3.05, 3.63) is 114 Å². The third kappa shape index (κ3) is 10.7. The smallest absolute Gasteiger partial charge is 0.408 e. The molecule has 0 aliphatic carbocycles. The van der Waals surface area contributed by atoms with Crippen LogP contribution in [0.2, 0.25) is 0 Å². The molecule has 7 heteroatoms. The number of hydrogen-bond acceptors (Lipinski definition) is 4. The highest BCUT2D eigenvalue weighted by Crippen LogP contribution is 2.29. The first-order valence-electron chi connectivity index (χ1n) is 17.2. The van der Waals surface area contributed by atoms with E-state index in [-0.39, 0.29) is 18.2 Å². The number of unbranched alkanes of at least 4 members (excludes halogenated alkanes) is 5. The Hall–Kier alpha value is -4.65. The van der Waals surface area contributed by atoms with Gasteiger partial charge in [0.25, 0.3) is 5.91 Å². The number of rotatable bonds is 15. The van der Waals surface area contributed by atoms with Gasteiger partial charge in [0.2, 0.25) is 5.91 Å². The lowest BCUT2D eigenvalue weighted by atomic mass is 9.96. The molecule has 7 nitrogen and oxygen atoms in total. The van der Waals surface area contributed by atoms with Crippen LogP contribution < -0.4 is 10.6 Å². The number of amides is 3. The normalized spacial score (nSPS) is 12.6. The molecule has 0 spiro atoms. The van der Waals surface area contributed by atoms with Gasteiger partial charge < -0.3 is 20.3 Å². The number of nitrogens with one attached hydrogen (secondary N) is 2. The molecule has 0 bridgehead atoms. The SMILES string of the molecule is CCCCCCCCN(C(=O)C(Cc1ccccc1)NC(=O)OC(C)(C)C)C(C(=O)Nc1ccc2ccccc2c1)c1ccccc1C. The summed E-state index contributed by atoms with van der Waals surface area (Å²) in [6, 6.07) is 29.2. The molecule has 2 atom stereocenters. The molecule has 0 aromatic heterocycles. The molecular formula is C41H51N3O4. The molecule has 2 N–H and O–H groups in total. The molecule has 4 aromatic carbocycles. The van der Waals surface area contributed by atoms with Crippen molar-refractivity contribution >= 4 is 34.4 Å². The molecule has 48 heavy (non-hydrogen) atoms. The summed E-state index contributed by atoms with van der Waals surface area (Å²) >= 11 is 0. The first-order chi connectivity index (χ1) is 23.1. The fourth-order valence-corrected chi connectivity index (χ4v) is 5.95. The Bertz CT molecular complexity index is 1650. The molecule has 0 aliphatic heterocycles. The van der Waals surface area contributed by atoms with E-state index in [2.05, 4.69) is 17.6 Å². The number of carbonyl (C=O) groups is 3. The number of benzene rings is 4. The molecule has 4 aromatic rings. The Kier molecular flexibility index (Phi) is 13.2. The first-order valence-corrected chi connectivity index (χ1v) is 17.2. The average Bonchev–Trinajstić information content (AvgIpc) is 3.05. The number of ether oxygens (including phenoxy) is 1. The number of nitrogens with zero attached hydrogens (tertiary/aromatic N) is 1. The highest BCUT2D eigenvalue weighted by atomic mass is 16.6. The highest BCUT2D eigenvalue weighted by molar-refractivity contribution is 6.00. The number of aryl methyl sites for hydroxylation is 1. The summed E-state index contributed by atoms with van der Waals surface area (Å²) < 4.78 is 5.60. The first kappa shape index (κ1) is 36.2. The molecular weight excluding hydrogens is 598 g/mol. The van der Waals surface area contributed by atoms with Gasteiger partial charge in [0, 0.05) is 18.7 Å². The summed E-state index contributed by atoms with van der Waals surface area (Å²) in [5, 5.41) is 8.07. The van der Waals surface area contributed by atoms with Gasteiger partial charge in [0.1, 0.15) is 17.7 Å². The Labute approximate surface area is 286 Å². The van der Waals surface area contributed by atoms with E-state index in [1.54, 1.807) is 25.7 Å². The highest BCUT2D eigenvalue weighted by Gasteiger charge is 2.37. The van der Waals surface area contributed by atoms with Gasteiger partial charge in [-0.3, -0.25) is 9.59 Å². The molecule has 4 rings (SSSR count). The number of carbonyl (C=O) groups excluding carboxylic acids is 3. The molecule has 0 heterocycles. The van der Waals surface area contributed by atoms with Crippen LogP contribution in [0.3, 0.4) is 0 Å². The van der Waals surface area contributed by atoms with Gasteiger partial charge in [-0.2, -0.15) is 0 Å². The van der Waals surface area contributed by atoms with Crippen molar-refractivity contribution in [2.75, 3.05) is 11.9 Å². The Morgan fingerprint density at radius 3 is 2.12 bits per heavy atom.